The average molecular weight is 387 g/mol. The number of piperidine rings is 1. The Bertz CT molecular complexity index is 817. The summed E-state index contributed by atoms with van der Waals surface area (Å²) in [5.74, 6) is -0.572. The van der Waals surface area contributed by atoms with Gasteiger partial charge in [-0.15, -0.1) is 0 Å². The number of halogens is 1. The van der Waals surface area contributed by atoms with Gasteiger partial charge in [0.25, 0.3) is 0 Å². The third-order valence-corrected chi connectivity index (χ3v) is 4.95. The summed E-state index contributed by atoms with van der Waals surface area (Å²) in [6, 6.07) is 14.7. The van der Waals surface area contributed by atoms with Crippen LogP contribution in [0.25, 0.3) is 0 Å². The Morgan fingerprint density at radius 1 is 1.15 bits per heavy atom. The number of hydrogen-bond acceptors (Lipinski definition) is 4. The molecule has 0 aromatic heterocycles. The lowest BCUT2D eigenvalue weighted by Crippen LogP contribution is -2.38. The second-order valence-corrected chi connectivity index (χ2v) is 6.93. The van der Waals surface area contributed by atoms with E-state index in [0.717, 1.165) is 31.6 Å². The van der Waals surface area contributed by atoms with Crippen LogP contribution < -0.4 is 10.2 Å². The molecule has 0 unspecified atom stereocenters. The Balaban J connectivity index is 1.61. The zero-order valence-corrected chi connectivity index (χ0v) is 16.0. The van der Waals surface area contributed by atoms with Crippen LogP contribution in [0, 0.1) is 5.92 Å². The number of ether oxygens (including phenoxy) is 1. The molecule has 1 amide bonds. The third kappa shape index (κ3) is 4.80. The van der Waals surface area contributed by atoms with E-state index in [9.17, 15) is 9.59 Å². The molecule has 0 saturated carbocycles. The molecule has 3 rings (SSSR count). The van der Waals surface area contributed by atoms with Gasteiger partial charge in [-0.1, -0.05) is 29.8 Å². The maximum absolute atomic E-state index is 12.7. The number of hydrogen-bond donors (Lipinski definition) is 1. The van der Waals surface area contributed by atoms with Gasteiger partial charge in [0.15, 0.2) is 0 Å². The van der Waals surface area contributed by atoms with E-state index in [1.165, 1.54) is 0 Å². The van der Waals surface area contributed by atoms with E-state index in [-0.39, 0.29) is 11.8 Å². The van der Waals surface area contributed by atoms with E-state index < -0.39 is 5.97 Å². The van der Waals surface area contributed by atoms with Gasteiger partial charge in [-0.2, -0.15) is 0 Å². The topological polar surface area (TPSA) is 58.6 Å². The second kappa shape index (κ2) is 8.91. The number of carbonyl (C=O) groups is 2. The van der Waals surface area contributed by atoms with E-state index in [4.69, 9.17) is 16.3 Å². The molecule has 2 aromatic rings. The molecule has 1 aliphatic rings. The molecular formula is C21H23ClN2O3. The standard InChI is InChI=1S/C21H23ClN2O3/c1-2-27-21(26)18-8-3-4-9-19(18)23-20(25)15-10-12-24(13-11-15)17-7-5-6-16(22)14-17/h3-9,14-15H,2,10-13H2,1H3,(H,23,25). The van der Waals surface area contributed by atoms with E-state index in [1.54, 1.807) is 31.2 Å². The van der Waals surface area contributed by atoms with Gasteiger partial charge in [-0.25, -0.2) is 4.79 Å². The first-order chi connectivity index (χ1) is 13.1. The number of carbonyl (C=O) groups excluding carboxylic acids is 2. The van der Waals surface area contributed by atoms with Crippen LogP contribution in [0.2, 0.25) is 5.02 Å². The highest BCUT2D eigenvalue weighted by molar-refractivity contribution is 6.30. The van der Waals surface area contributed by atoms with Crippen LogP contribution in [0.5, 0.6) is 0 Å². The maximum atomic E-state index is 12.7. The fourth-order valence-electron chi connectivity index (χ4n) is 3.29. The molecule has 0 spiro atoms. The highest BCUT2D eigenvalue weighted by Crippen LogP contribution is 2.27. The van der Waals surface area contributed by atoms with Crippen molar-refractivity contribution in [1.29, 1.82) is 0 Å². The van der Waals surface area contributed by atoms with Gasteiger partial charge in [0.2, 0.25) is 5.91 Å². The maximum Gasteiger partial charge on any atom is 0.340 e. The van der Waals surface area contributed by atoms with Crippen molar-refractivity contribution in [2.24, 2.45) is 5.92 Å². The van der Waals surface area contributed by atoms with Gasteiger partial charge in [-0.3, -0.25) is 4.79 Å². The average Bonchev–Trinajstić information content (AvgIpc) is 2.68. The predicted molar refractivity (Wildman–Crippen MR) is 107 cm³/mol. The lowest BCUT2D eigenvalue weighted by Gasteiger charge is -2.33. The molecule has 5 nitrogen and oxygen atoms in total. The van der Waals surface area contributed by atoms with Crippen LogP contribution in [-0.4, -0.2) is 31.6 Å². The highest BCUT2D eigenvalue weighted by atomic mass is 35.5. The summed E-state index contributed by atoms with van der Waals surface area (Å²) in [4.78, 5) is 27.0. The molecule has 1 N–H and O–H groups in total. The molecule has 27 heavy (non-hydrogen) atoms. The normalized spacial score (nSPS) is 14.7. The van der Waals surface area contributed by atoms with Gasteiger partial charge in [0.1, 0.15) is 0 Å². The number of rotatable bonds is 5. The Morgan fingerprint density at radius 2 is 1.89 bits per heavy atom. The fourth-order valence-corrected chi connectivity index (χ4v) is 3.47. The highest BCUT2D eigenvalue weighted by Gasteiger charge is 2.26. The minimum atomic E-state index is -0.427. The Labute approximate surface area is 164 Å². The van der Waals surface area contributed by atoms with E-state index in [2.05, 4.69) is 10.2 Å². The SMILES string of the molecule is CCOC(=O)c1ccccc1NC(=O)C1CCN(c2cccc(Cl)c2)CC1. The van der Waals surface area contributed by atoms with Crippen LogP contribution in [0.3, 0.4) is 0 Å². The van der Waals surface area contributed by atoms with Crippen molar-refractivity contribution >= 4 is 34.9 Å². The van der Waals surface area contributed by atoms with Crippen molar-refractivity contribution in [3.8, 4) is 0 Å². The van der Waals surface area contributed by atoms with Crippen molar-refractivity contribution in [2.75, 3.05) is 29.9 Å². The summed E-state index contributed by atoms with van der Waals surface area (Å²) in [5, 5.41) is 3.61. The number of nitrogens with zero attached hydrogens (tertiary/aromatic N) is 1. The molecule has 0 aliphatic carbocycles. The lowest BCUT2D eigenvalue weighted by molar-refractivity contribution is -0.120. The summed E-state index contributed by atoms with van der Waals surface area (Å²) in [5.41, 5.74) is 1.95. The molecule has 2 aromatic carbocycles. The second-order valence-electron chi connectivity index (χ2n) is 6.50. The number of anilines is 2. The molecular weight excluding hydrogens is 364 g/mol. The number of amides is 1. The van der Waals surface area contributed by atoms with Crippen LogP contribution in [-0.2, 0) is 9.53 Å². The van der Waals surface area contributed by atoms with Crippen molar-refractivity contribution in [3.63, 3.8) is 0 Å². The Kier molecular flexibility index (Phi) is 6.35. The number of nitrogens with one attached hydrogen (secondary N) is 1. The molecule has 0 bridgehead atoms. The fraction of sp³-hybridized carbons (Fsp3) is 0.333. The van der Waals surface area contributed by atoms with Gasteiger partial charge < -0.3 is 15.0 Å². The summed E-state index contributed by atoms with van der Waals surface area (Å²) < 4.78 is 5.06. The minimum absolute atomic E-state index is 0.0579. The van der Waals surface area contributed by atoms with E-state index >= 15 is 0 Å². The van der Waals surface area contributed by atoms with Crippen molar-refractivity contribution in [3.05, 3.63) is 59.1 Å². The van der Waals surface area contributed by atoms with E-state index in [0.29, 0.717) is 22.9 Å². The summed E-state index contributed by atoms with van der Waals surface area (Å²) in [7, 11) is 0. The number of para-hydroxylation sites is 1. The molecule has 0 radical (unpaired) electrons. The first kappa shape index (κ1) is 19.2. The summed E-state index contributed by atoms with van der Waals surface area (Å²) in [6.07, 6.45) is 1.50. The van der Waals surface area contributed by atoms with Gasteiger partial charge in [-0.05, 0) is 50.1 Å². The van der Waals surface area contributed by atoms with Crippen LogP contribution in [0.15, 0.2) is 48.5 Å². The molecule has 142 valence electrons. The molecule has 1 saturated heterocycles. The molecule has 1 aliphatic heterocycles. The Hall–Kier alpha value is -2.53. The monoisotopic (exact) mass is 386 g/mol. The Morgan fingerprint density at radius 3 is 2.59 bits per heavy atom. The van der Waals surface area contributed by atoms with Gasteiger partial charge >= 0.3 is 5.97 Å². The summed E-state index contributed by atoms with van der Waals surface area (Å²) in [6.45, 7) is 3.63. The molecule has 1 fully saturated rings. The summed E-state index contributed by atoms with van der Waals surface area (Å²) >= 11 is 6.07. The number of benzene rings is 2. The first-order valence-corrected chi connectivity index (χ1v) is 9.54. The van der Waals surface area contributed by atoms with Crippen LogP contribution in [0.4, 0.5) is 11.4 Å². The van der Waals surface area contributed by atoms with Crippen LogP contribution in [0.1, 0.15) is 30.1 Å². The lowest BCUT2D eigenvalue weighted by atomic mass is 9.95. The van der Waals surface area contributed by atoms with Crippen molar-refractivity contribution in [2.45, 2.75) is 19.8 Å². The molecule has 0 atom stereocenters. The first-order valence-electron chi connectivity index (χ1n) is 9.16. The van der Waals surface area contributed by atoms with Gasteiger partial charge in [0, 0.05) is 29.7 Å². The zero-order valence-electron chi connectivity index (χ0n) is 15.3. The van der Waals surface area contributed by atoms with Crippen LogP contribution >= 0.6 is 11.6 Å². The molecule has 6 heteroatoms. The minimum Gasteiger partial charge on any atom is -0.462 e. The molecule has 1 heterocycles. The number of esters is 1. The van der Waals surface area contributed by atoms with Crippen molar-refractivity contribution < 1.29 is 14.3 Å². The van der Waals surface area contributed by atoms with Crippen molar-refractivity contribution in [1.82, 2.24) is 0 Å². The predicted octanol–water partition coefficient (Wildman–Crippen LogP) is 4.37. The van der Waals surface area contributed by atoms with Gasteiger partial charge in [0.05, 0.1) is 17.9 Å². The smallest absolute Gasteiger partial charge is 0.340 e. The zero-order chi connectivity index (χ0) is 19.2. The van der Waals surface area contributed by atoms with E-state index in [1.807, 2.05) is 24.3 Å². The third-order valence-electron chi connectivity index (χ3n) is 4.72. The largest absolute Gasteiger partial charge is 0.462 e. The quantitative estimate of drug-likeness (QED) is 0.775.